The summed E-state index contributed by atoms with van der Waals surface area (Å²) in [6.45, 7) is 0. The lowest BCUT2D eigenvalue weighted by atomic mass is 10.0. The molecular formula is C11H7F4N. The van der Waals surface area contributed by atoms with E-state index in [2.05, 4.69) is 0 Å². The van der Waals surface area contributed by atoms with E-state index in [1.807, 2.05) is 0 Å². The maximum absolute atomic E-state index is 13.2. The van der Waals surface area contributed by atoms with Crippen molar-refractivity contribution in [1.82, 2.24) is 0 Å². The number of fused-ring (bicyclic) bond motifs is 1. The van der Waals surface area contributed by atoms with Crippen molar-refractivity contribution in [3.8, 4) is 0 Å². The van der Waals surface area contributed by atoms with E-state index >= 15 is 0 Å². The molecule has 0 saturated heterocycles. The van der Waals surface area contributed by atoms with Gasteiger partial charge in [-0.15, -0.1) is 0 Å². The lowest BCUT2D eigenvalue weighted by Gasteiger charge is -2.08. The number of nitrogen functional groups attached to an aromatic ring is 1. The van der Waals surface area contributed by atoms with Crippen LogP contribution in [0.1, 0.15) is 12.0 Å². The summed E-state index contributed by atoms with van der Waals surface area (Å²) in [5, 5.41) is 0.136. The number of alkyl halides is 2. The number of halogens is 4. The van der Waals surface area contributed by atoms with Crippen LogP contribution in [0.2, 0.25) is 0 Å². The third kappa shape index (κ3) is 1.58. The Morgan fingerprint density at radius 2 is 1.75 bits per heavy atom. The first-order valence-electron chi connectivity index (χ1n) is 4.46. The second-order valence-corrected chi connectivity index (χ2v) is 3.37. The van der Waals surface area contributed by atoms with Crippen molar-refractivity contribution in [2.75, 3.05) is 5.73 Å². The number of anilines is 1. The van der Waals surface area contributed by atoms with Gasteiger partial charge in [-0.1, -0.05) is 6.07 Å². The second-order valence-electron chi connectivity index (χ2n) is 3.37. The second kappa shape index (κ2) is 3.66. The van der Waals surface area contributed by atoms with Gasteiger partial charge in [0, 0.05) is 5.69 Å². The normalized spacial score (nSPS) is 11.3. The molecule has 0 aliphatic rings. The van der Waals surface area contributed by atoms with Crippen LogP contribution in [0, 0.1) is 11.6 Å². The highest BCUT2D eigenvalue weighted by Gasteiger charge is 2.20. The molecule has 2 aromatic carbocycles. The molecule has 0 aromatic heterocycles. The summed E-state index contributed by atoms with van der Waals surface area (Å²) in [6.07, 6.45) is -3.07. The van der Waals surface area contributed by atoms with E-state index in [0.29, 0.717) is 5.69 Å². The van der Waals surface area contributed by atoms with Crippen LogP contribution in [0.5, 0.6) is 0 Å². The van der Waals surface area contributed by atoms with Crippen LogP contribution >= 0.6 is 0 Å². The molecule has 84 valence electrons. The van der Waals surface area contributed by atoms with E-state index in [-0.39, 0.29) is 10.8 Å². The standard InChI is InChI=1S/C11H7F4N/c12-8-4-5-3-6(16)1-2-7(5)9(10(8)13)11(14)15/h1-4,11H,16H2. The largest absolute Gasteiger partial charge is 0.399 e. The molecule has 0 amide bonds. The number of hydrogen-bond acceptors (Lipinski definition) is 1. The monoisotopic (exact) mass is 229 g/mol. The lowest BCUT2D eigenvalue weighted by molar-refractivity contribution is 0.147. The maximum atomic E-state index is 13.2. The SMILES string of the molecule is Nc1ccc2c(C(F)F)c(F)c(F)cc2c1. The minimum Gasteiger partial charge on any atom is -0.399 e. The Morgan fingerprint density at radius 1 is 1.06 bits per heavy atom. The maximum Gasteiger partial charge on any atom is 0.267 e. The number of rotatable bonds is 1. The van der Waals surface area contributed by atoms with Gasteiger partial charge < -0.3 is 5.73 Å². The average molecular weight is 229 g/mol. The summed E-state index contributed by atoms with van der Waals surface area (Å²) >= 11 is 0. The molecule has 5 heteroatoms. The van der Waals surface area contributed by atoms with Crippen LogP contribution in [-0.2, 0) is 0 Å². The van der Waals surface area contributed by atoms with Crippen LogP contribution in [-0.4, -0.2) is 0 Å². The predicted molar refractivity (Wildman–Crippen MR) is 53.2 cm³/mol. The molecule has 0 aliphatic heterocycles. The van der Waals surface area contributed by atoms with Crippen molar-refractivity contribution >= 4 is 16.5 Å². The molecule has 16 heavy (non-hydrogen) atoms. The summed E-state index contributed by atoms with van der Waals surface area (Å²) in [5.74, 6) is -2.80. The van der Waals surface area contributed by atoms with Crippen molar-refractivity contribution in [3.05, 3.63) is 41.5 Å². The first kappa shape index (κ1) is 10.7. The Hall–Kier alpha value is -1.78. The molecule has 0 saturated carbocycles. The molecule has 2 N–H and O–H groups in total. The first-order chi connectivity index (χ1) is 7.50. The highest BCUT2D eigenvalue weighted by molar-refractivity contribution is 5.88. The topological polar surface area (TPSA) is 26.0 Å². The summed E-state index contributed by atoms with van der Waals surface area (Å²) in [4.78, 5) is 0. The van der Waals surface area contributed by atoms with Gasteiger partial charge in [-0.2, -0.15) is 0 Å². The van der Waals surface area contributed by atoms with Crippen LogP contribution in [0.25, 0.3) is 10.8 Å². The molecule has 0 atom stereocenters. The van der Waals surface area contributed by atoms with Gasteiger partial charge in [0.2, 0.25) is 0 Å². The molecule has 0 unspecified atom stereocenters. The van der Waals surface area contributed by atoms with Crippen LogP contribution < -0.4 is 5.73 Å². The van der Waals surface area contributed by atoms with Gasteiger partial charge in [-0.3, -0.25) is 0 Å². The predicted octanol–water partition coefficient (Wildman–Crippen LogP) is 3.64. The molecule has 0 bridgehead atoms. The van der Waals surface area contributed by atoms with Gasteiger partial charge in [0.1, 0.15) is 0 Å². The van der Waals surface area contributed by atoms with E-state index in [0.717, 1.165) is 6.07 Å². The zero-order chi connectivity index (χ0) is 11.9. The molecular weight excluding hydrogens is 222 g/mol. The molecule has 0 heterocycles. The highest BCUT2D eigenvalue weighted by atomic mass is 19.3. The first-order valence-corrected chi connectivity index (χ1v) is 4.46. The Morgan fingerprint density at radius 3 is 2.38 bits per heavy atom. The Bertz CT molecular complexity index is 551. The van der Waals surface area contributed by atoms with Gasteiger partial charge in [0.15, 0.2) is 11.6 Å². The van der Waals surface area contributed by atoms with Crippen molar-refractivity contribution in [2.45, 2.75) is 6.43 Å². The van der Waals surface area contributed by atoms with Gasteiger partial charge in [0.05, 0.1) is 5.56 Å². The Kier molecular flexibility index (Phi) is 2.46. The zero-order valence-electron chi connectivity index (χ0n) is 7.98. The third-order valence-electron chi connectivity index (χ3n) is 2.31. The summed E-state index contributed by atoms with van der Waals surface area (Å²) in [6, 6.07) is 4.80. The quantitative estimate of drug-likeness (QED) is 0.586. The van der Waals surface area contributed by atoms with E-state index in [1.54, 1.807) is 0 Å². The Labute approximate surface area is 88.5 Å². The Balaban J connectivity index is 2.89. The minimum atomic E-state index is -3.07. The zero-order valence-corrected chi connectivity index (χ0v) is 7.98. The fourth-order valence-electron chi connectivity index (χ4n) is 1.61. The third-order valence-corrected chi connectivity index (χ3v) is 2.31. The fourth-order valence-corrected chi connectivity index (χ4v) is 1.61. The van der Waals surface area contributed by atoms with Gasteiger partial charge in [0.25, 0.3) is 6.43 Å². The van der Waals surface area contributed by atoms with Gasteiger partial charge in [-0.05, 0) is 29.0 Å². The van der Waals surface area contributed by atoms with Crippen LogP contribution in [0.3, 0.4) is 0 Å². The molecule has 0 fully saturated rings. The smallest absolute Gasteiger partial charge is 0.267 e. The van der Waals surface area contributed by atoms with Crippen molar-refractivity contribution < 1.29 is 17.6 Å². The number of nitrogens with two attached hydrogens (primary N) is 1. The summed E-state index contributed by atoms with van der Waals surface area (Å²) in [7, 11) is 0. The van der Waals surface area contributed by atoms with E-state index in [9.17, 15) is 17.6 Å². The van der Waals surface area contributed by atoms with Crippen molar-refractivity contribution in [3.63, 3.8) is 0 Å². The summed E-state index contributed by atoms with van der Waals surface area (Å²) < 4.78 is 51.4. The minimum absolute atomic E-state index is 0.0249. The molecule has 0 spiro atoms. The van der Waals surface area contributed by atoms with Crippen LogP contribution in [0.4, 0.5) is 23.2 Å². The number of benzene rings is 2. The molecule has 2 rings (SSSR count). The summed E-state index contributed by atoms with van der Waals surface area (Å²) in [5.41, 5.74) is 4.82. The van der Waals surface area contributed by atoms with E-state index < -0.39 is 23.6 Å². The van der Waals surface area contributed by atoms with Crippen LogP contribution in [0.15, 0.2) is 24.3 Å². The highest BCUT2D eigenvalue weighted by Crippen LogP contribution is 2.32. The lowest BCUT2D eigenvalue weighted by Crippen LogP contribution is -1.97. The van der Waals surface area contributed by atoms with E-state index in [4.69, 9.17) is 5.73 Å². The van der Waals surface area contributed by atoms with Crippen molar-refractivity contribution in [1.29, 1.82) is 0 Å². The van der Waals surface area contributed by atoms with Gasteiger partial charge >= 0.3 is 0 Å². The number of hydrogen-bond donors (Lipinski definition) is 1. The van der Waals surface area contributed by atoms with Gasteiger partial charge in [-0.25, -0.2) is 17.6 Å². The molecule has 2 aromatic rings. The average Bonchev–Trinajstić information content (AvgIpc) is 2.19. The molecule has 1 nitrogen and oxygen atoms in total. The van der Waals surface area contributed by atoms with Crippen molar-refractivity contribution in [2.24, 2.45) is 0 Å². The molecule has 0 aliphatic carbocycles. The fraction of sp³-hybridized carbons (Fsp3) is 0.0909. The van der Waals surface area contributed by atoms with E-state index in [1.165, 1.54) is 18.2 Å². The molecule has 0 radical (unpaired) electrons.